The minimum atomic E-state index is -3.82. The van der Waals surface area contributed by atoms with Crippen molar-refractivity contribution >= 4 is 16.0 Å². The number of para-hydroxylation sites is 1. The van der Waals surface area contributed by atoms with Gasteiger partial charge < -0.3 is 14.6 Å². The van der Waals surface area contributed by atoms with Gasteiger partial charge in [-0.3, -0.25) is 4.79 Å². The Labute approximate surface area is 133 Å². The predicted octanol–water partition coefficient (Wildman–Crippen LogP) is 1.08. The molecule has 3 heterocycles. The Morgan fingerprint density at radius 3 is 2.74 bits per heavy atom. The number of sulfonamides is 1. The van der Waals surface area contributed by atoms with Gasteiger partial charge >= 0.3 is 5.97 Å². The van der Waals surface area contributed by atoms with Crippen molar-refractivity contribution in [1.29, 1.82) is 0 Å². The smallest absolute Gasteiger partial charge is 0.308 e. The molecule has 3 unspecified atom stereocenters. The number of hydrogen-bond acceptors (Lipinski definition) is 5. The standard InChI is InChI=1S/C15H17NO6S/c17-15(18)10-8-9-4-5-11(10)16(9)23(19,20)13-3-1-2-12-14(13)22-7-6-21-12/h1-3,9-11H,4-8H2,(H,17,18). The molecule has 3 aliphatic heterocycles. The zero-order valence-electron chi connectivity index (χ0n) is 12.3. The SMILES string of the molecule is O=C(O)C1CC2CCC1N2S(=O)(=O)c1cccc2c1OCCO2. The highest BCUT2D eigenvalue weighted by molar-refractivity contribution is 7.89. The molecule has 8 heteroatoms. The highest BCUT2D eigenvalue weighted by Crippen LogP contribution is 2.47. The van der Waals surface area contributed by atoms with Crippen molar-refractivity contribution in [2.75, 3.05) is 13.2 Å². The summed E-state index contributed by atoms with van der Waals surface area (Å²) in [6, 6.07) is 4.07. The van der Waals surface area contributed by atoms with E-state index in [0.29, 0.717) is 38.2 Å². The monoisotopic (exact) mass is 339 g/mol. The molecule has 3 aliphatic rings. The van der Waals surface area contributed by atoms with Gasteiger partial charge in [0.15, 0.2) is 11.5 Å². The molecule has 3 atom stereocenters. The van der Waals surface area contributed by atoms with E-state index in [1.165, 1.54) is 10.4 Å². The van der Waals surface area contributed by atoms with Gasteiger partial charge in [-0.05, 0) is 31.4 Å². The second-order valence-electron chi connectivity index (χ2n) is 6.09. The van der Waals surface area contributed by atoms with Gasteiger partial charge in [-0.2, -0.15) is 4.31 Å². The number of nitrogens with zero attached hydrogens (tertiary/aromatic N) is 1. The highest BCUT2D eigenvalue weighted by atomic mass is 32.2. The van der Waals surface area contributed by atoms with Crippen LogP contribution in [0.4, 0.5) is 0 Å². The Morgan fingerprint density at radius 2 is 2.00 bits per heavy atom. The quantitative estimate of drug-likeness (QED) is 0.886. The normalized spacial score (nSPS) is 29.7. The van der Waals surface area contributed by atoms with Crippen molar-refractivity contribution in [3.05, 3.63) is 18.2 Å². The zero-order chi connectivity index (χ0) is 16.2. The third-order valence-electron chi connectivity index (χ3n) is 4.88. The van der Waals surface area contributed by atoms with E-state index >= 15 is 0 Å². The number of carboxylic acid groups (broad SMARTS) is 1. The maximum atomic E-state index is 13.1. The average molecular weight is 339 g/mol. The zero-order valence-corrected chi connectivity index (χ0v) is 13.2. The van der Waals surface area contributed by atoms with E-state index in [9.17, 15) is 18.3 Å². The van der Waals surface area contributed by atoms with Crippen LogP contribution in [0.25, 0.3) is 0 Å². The van der Waals surface area contributed by atoms with Crippen LogP contribution in [0.3, 0.4) is 0 Å². The van der Waals surface area contributed by atoms with Crippen molar-refractivity contribution in [3.8, 4) is 11.5 Å². The minimum absolute atomic E-state index is 0.0673. The molecule has 1 aromatic rings. The molecule has 4 rings (SSSR count). The fraction of sp³-hybridized carbons (Fsp3) is 0.533. The molecule has 1 N–H and O–H groups in total. The third-order valence-corrected chi connectivity index (χ3v) is 6.88. The lowest BCUT2D eigenvalue weighted by Gasteiger charge is -2.26. The Balaban J connectivity index is 1.76. The maximum absolute atomic E-state index is 13.1. The summed E-state index contributed by atoms with van der Waals surface area (Å²) < 4.78 is 38.6. The summed E-state index contributed by atoms with van der Waals surface area (Å²) in [5.41, 5.74) is 0. The summed E-state index contributed by atoms with van der Waals surface area (Å²) in [5, 5.41) is 9.32. The molecular formula is C15H17NO6S. The van der Waals surface area contributed by atoms with E-state index in [1.807, 2.05) is 0 Å². The second-order valence-corrected chi connectivity index (χ2v) is 7.91. The molecule has 23 heavy (non-hydrogen) atoms. The van der Waals surface area contributed by atoms with Crippen molar-refractivity contribution in [2.24, 2.45) is 5.92 Å². The van der Waals surface area contributed by atoms with Crippen LogP contribution in [0.5, 0.6) is 11.5 Å². The van der Waals surface area contributed by atoms with Gasteiger partial charge in [-0.1, -0.05) is 6.07 Å². The van der Waals surface area contributed by atoms with Gasteiger partial charge in [-0.25, -0.2) is 8.42 Å². The van der Waals surface area contributed by atoms with Crippen LogP contribution < -0.4 is 9.47 Å². The predicted molar refractivity (Wildman–Crippen MR) is 79.0 cm³/mol. The van der Waals surface area contributed by atoms with Gasteiger partial charge in [-0.15, -0.1) is 0 Å². The number of carbonyl (C=O) groups is 1. The van der Waals surface area contributed by atoms with Crippen molar-refractivity contribution < 1.29 is 27.8 Å². The number of fused-ring (bicyclic) bond motifs is 3. The van der Waals surface area contributed by atoms with Gasteiger partial charge in [0.05, 0.1) is 5.92 Å². The van der Waals surface area contributed by atoms with Gasteiger partial charge in [0.25, 0.3) is 0 Å². The number of hydrogen-bond donors (Lipinski definition) is 1. The van der Waals surface area contributed by atoms with Crippen LogP contribution in [0, 0.1) is 5.92 Å². The Morgan fingerprint density at radius 1 is 1.22 bits per heavy atom. The van der Waals surface area contributed by atoms with Crippen molar-refractivity contribution in [3.63, 3.8) is 0 Å². The summed E-state index contributed by atoms with van der Waals surface area (Å²) in [5.74, 6) is -0.900. The summed E-state index contributed by atoms with van der Waals surface area (Å²) in [4.78, 5) is 11.4. The summed E-state index contributed by atoms with van der Waals surface area (Å²) >= 11 is 0. The molecule has 0 aromatic heterocycles. The lowest BCUT2D eigenvalue weighted by atomic mass is 9.89. The first kappa shape index (κ1) is 14.8. The molecule has 0 aliphatic carbocycles. The van der Waals surface area contributed by atoms with Gasteiger partial charge in [0.2, 0.25) is 10.0 Å². The first-order valence-corrected chi connectivity index (χ1v) is 9.09. The molecule has 0 spiro atoms. The Kier molecular flexibility index (Phi) is 3.28. The Hall–Kier alpha value is -1.80. The fourth-order valence-corrected chi connectivity index (χ4v) is 6.01. The molecule has 0 saturated carbocycles. The first-order chi connectivity index (χ1) is 11.0. The van der Waals surface area contributed by atoms with Gasteiger partial charge in [0.1, 0.15) is 18.1 Å². The van der Waals surface area contributed by atoms with Crippen LogP contribution in [0.2, 0.25) is 0 Å². The number of aliphatic carboxylic acids is 1. The largest absolute Gasteiger partial charge is 0.486 e. The summed E-state index contributed by atoms with van der Waals surface area (Å²) in [6.45, 7) is 0.677. The van der Waals surface area contributed by atoms with Crippen LogP contribution in [-0.4, -0.2) is 49.1 Å². The van der Waals surface area contributed by atoms with Gasteiger partial charge in [0, 0.05) is 12.1 Å². The third kappa shape index (κ3) is 2.12. The molecule has 2 saturated heterocycles. The molecule has 0 amide bonds. The average Bonchev–Trinajstić information content (AvgIpc) is 3.13. The molecule has 124 valence electrons. The molecule has 7 nitrogen and oxygen atoms in total. The van der Waals surface area contributed by atoms with Crippen molar-refractivity contribution in [1.82, 2.24) is 4.31 Å². The molecular weight excluding hydrogens is 322 g/mol. The topological polar surface area (TPSA) is 93.1 Å². The van der Waals surface area contributed by atoms with Crippen LogP contribution >= 0.6 is 0 Å². The lowest BCUT2D eigenvalue weighted by molar-refractivity contribution is -0.142. The first-order valence-electron chi connectivity index (χ1n) is 7.65. The van der Waals surface area contributed by atoms with E-state index in [-0.39, 0.29) is 16.7 Å². The fourth-order valence-electron chi connectivity index (χ4n) is 3.94. The van der Waals surface area contributed by atoms with E-state index in [2.05, 4.69) is 0 Å². The van der Waals surface area contributed by atoms with E-state index in [4.69, 9.17) is 9.47 Å². The number of benzene rings is 1. The minimum Gasteiger partial charge on any atom is -0.486 e. The van der Waals surface area contributed by atoms with E-state index in [0.717, 1.165) is 0 Å². The molecule has 1 aromatic carbocycles. The molecule has 0 radical (unpaired) electrons. The van der Waals surface area contributed by atoms with Crippen LogP contribution in [0.15, 0.2) is 23.1 Å². The summed E-state index contributed by atoms with van der Waals surface area (Å²) in [6.07, 6.45) is 1.68. The molecule has 2 fully saturated rings. The highest BCUT2D eigenvalue weighted by Gasteiger charge is 2.55. The number of rotatable bonds is 3. The van der Waals surface area contributed by atoms with Crippen LogP contribution in [-0.2, 0) is 14.8 Å². The summed E-state index contributed by atoms with van der Waals surface area (Å²) in [7, 11) is -3.82. The van der Waals surface area contributed by atoms with E-state index < -0.39 is 28.0 Å². The lowest BCUT2D eigenvalue weighted by Crippen LogP contribution is -2.38. The maximum Gasteiger partial charge on any atom is 0.308 e. The number of ether oxygens (including phenoxy) is 2. The van der Waals surface area contributed by atoms with Crippen LogP contribution in [0.1, 0.15) is 19.3 Å². The number of carboxylic acids is 1. The van der Waals surface area contributed by atoms with E-state index in [1.54, 1.807) is 12.1 Å². The van der Waals surface area contributed by atoms with Crippen molar-refractivity contribution in [2.45, 2.75) is 36.2 Å². The second kappa shape index (κ2) is 5.10. The Bertz CT molecular complexity index is 761. The molecule has 2 bridgehead atoms.